The number of anilines is 1. The van der Waals surface area contributed by atoms with Crippen LogP contribution in [0.4, 0.5) is 5.69 Å². The maximum Gasteiger partial charge on any atom is 0.336 e. The number of phenolic OH excluding ortho intramolecular Hbond substituents is 1. The zero-order chi connectivity index (χ0) is 20.2. The Kier molecular flexibility index (Phi) is 5.20. The zero-order valence-electron chi connectivity index (χ0n) is 16.0. The summed E-state index contributed by atoms with van der Waals surface area (Å²) in [6.45, 7) is 2.98. The maximum absolute atomic E-state index is 12.1. The SMILES string of the molecule is CCOc1ccc(NCc2cc(=O)oc3cc(-c4ccccc4)c(O)cc23)cc1. The number of ether oxygens (including phenoxy) is 1. The fourth-order valence-corrected chi connectivity index (χ4v) is 3.29. The van der Waals surface area contributed by atoms with Crippen LogP contribution in [-0.4, -0.2) is 11.7 Å². The van der Waals surface area contributed by atoms with Crippen molar-refractivity contribution in [2.75, 3.05) is 11.9 Å². The first-order valence-electron chi connectivity index (χ1n) is 9.46. The zero-order valence-corrected chi connectivity index (χ0v) is 16.0. The molecule has 0 bridgehead atoms. The monoisotopic (exact) mass is 387 g/mol. The Labute approximate surface area is 168 Å². The van der Waals surface area contributed by atoms with Crippen LogP contribution in [0, 0.1) is 0 Å². The molecule has 1 heterocycles. The van der Waals surface area contributed by atoms with Crippen LogP contribution in [0.1, 0.15) is 12.5 Å². The first-order valence-corrected chi connectivity index (χ1v) is 9.46. The maximum atomic E-state index is 12.1. The van der Waals surface area contributed by atoms with Crippen molar-refractivity contribution in [3.63, 3.8) is 0 Å². The van der Waals surface area contributed by atoms with Gasteiger partial charge in [0.25, 0.3) is 0 Å². The van der Waals surface area contributed by atoms with Crippen LogP contribution in [0.5, 0.6) is 11.5 Å². The molecule has 0 spiro atoms. The van der Waals surface area contributed by atoms with Crippen LogP contribution in [0.15, 0.2) is 82.0 Å². The molecular weight excluding hydrogens is 366 g/mol. The van der Waals surface area contributed by atoms with Crippen molar-refractivity contribution >= 4 is 16.7 Å². The molecule has 3 aromatic carbocycles. The van der Waals surface area contributed by atoms with Gasteiger partial charge in [0, 0.05) is 29.2 Å². The third-order valence-corrected chi connectivity index (χ3v) is 4.68. The van der Waals surface area contributed by atoms with Crippen molar-refractivity contribution in [2.45, 2.75) is 13.5 Å². The van der Waals surface area contributed by atoms with E-state index in [9.17, 15) is 9.90 Å². The Morgan fingerprint density at radius 1 is 1.00 bits per heavy atom. The van der Waals surface area contributed by atoms with Gasteiger partial charge in [-0.25, -0.2) is 4.79 Å². The molecule has 0 aliphatic rings. The minimum Gasteiger partial charge on any atom is -0.507 e. The average molecular weight is 387 g/mol. The van der Waals surface area contributed by atoms with Gasteiger partial charge < -0.3 is 19.6 Å². The first-order chi connectivity index (χ1) is 14.1. The Hall–Kier alpha value is -3.73. The lowest BCUT2D eigenvalue weighted by molar-refractivity contribution is 0.340. The van der Waals surface area contributed by atoms with Gasteiger partial charge in [0.1, 0.15) is 17.1 Å². The minimum atomic E-state index is -0.425. The van der Waals surface area contributed by atoms with Crippen molar-refractivity contribution in [2.24, 2.45) is 0 Å². The molecular formula is C24H21NO4. The van der Waals surface area contributed by atoms with E-state index in [-0.39, 0.29) is 5.75 Å². The van der Waals surface area contributed by atoms with Gasteiger partial charge in [0.05, 0.1) is 6.61 Å². The van der Waals surface area contributed by atoms with Gasteiger partial charge in [0.15, 0.2) is 0 Å². The number of benzene rings is 3. The van der Waals surface area contributed by atoms with E-state index in [1.54, 1.807) is 12.1 Å². The van der Waals surface area contributed by atoms with Crippen LogP contribution >= 0.6 is 0 Å². The van der Waals surface area contributed by atoms with E-state index < -0.39 is 5.63 Å². The van der Waals surface area contributed by atoms with Gasteiger partial charge in [-0.15, -0.1) is 0 Å². The number of hydrogen-bond acceptors (Lipinski definition) is 5. The molecule has 5 nitrogen and oxygen atoms in total. The molecule has 0 aliphatic carbocycles. The highest BCUT2D eigenvalue weighted by Gasteiger charge is 2.12. The van der Waals surface area contributed by atoms with Gasteiger partial charge in [-0.05, 0) is 54.4 Å². The molecule has 0 radical (unpaired) electrons. The summed E-state index contributed by atoms with van der Waals surface area (Å²) in [5.74, 6) is 0.946. The van der Waals surface area contributed by atoms with Gasteiger partial charge >= 0.3 is 5.63 Å². The Morgan fingerprint density at radius 2 is 1.76 bits per heavy atom. The van der Waals surface area contributed by atoms with E-state index in [2.05, 4.69) is 5.32 Å². The smallest absolute Gasteiger partial charge is 0.336 e. The molecule has 0 atom stereocenters. The van der Waals surface area contributed by atoms with E-state index >= 15 is 0 Å². The van der Waals surface area contributed by atoms with Gasteiger partial charge in [-0.3, -0.25) is 0 Å². The van der Waals surface area contributed by atoms with E-state index in [0.29, 0.717) is 29.7 Å². The Bertz CT molecular complexity index is 1180. The van der Waals surface area contributed by atoms with Gasteiger partial charge in [-0.2, -0.15) is 0 Å². The average Bonchev–Trinajstić information content (AvgIpc) is 2.74. The molecule has 4 aromatic rings. The molecule has 4 rings (SSSR count). The standard InChI is InChI=1S/C24H21NO4/c1-2-28-19-10-8-18(9-11-19)25-15-17-12-24(27)29-23-14-20(22(26)13-21(17)23)16-6-4-3-5-7-16/h3-14,25-26H,2,15H2,1H3. The highest BCUT2D eigenvalue weighted by Crippen LogP contribution is 2.34. The van der Waals surface area contributed by atoms with Crippen LogP contribution in [0.3, 0.4) is 0 Å². The highest BCUT2D eigenvalue weighted by atomic mass is 16.5. The molecule has 5 heteroatoms. The van der Waals surface area contributed by atoms with Crippen molar-refractivity contribution in [1.29, 1.82) is 0 Å². The molecule has 0 saturated carbocycles. The Balaban J connectivity index is 1.66. The summed E-state index contributed by atoms with van der Waals surface area (Å²) in [5, 5.41) is 14.6. The lowest BCUT2D eigenvalue weighted by atomic mass is 10.0. The third-order valence-electron chi connectivity index (χ3n) is 4.68. The number of aromatic hydroxyl groups is 1. The summed E-state index contributed by atoms with van der Waals surface area (Å²) in [4.78, 5) is 12.1. The summed E-state index contributed by atoms with van der Waals surface area (Å²) in [7, 11) is 0. The van der Waals surface area contributed by atoms with E-state index in [1.165, 1.54) is 6.07 Å². The quantitative estimate of drug-likeness (QED) is 0.446. The number of hydrogen-bond donors (Lipinski definition) is 2. The molecule has 0 aliphatic heterocycles. The number of rotatable bonds is 6. The van der Waals surface area contributed by atoms with Gasteiger partial charge in [0.2, 0.25) is 0 Å². The molecule has 0 fully saturated rings. The van der Waals surface area contributed by atoms with Crippen LogP contribution in [-0.2, 0) is 6.54 Å². The summed E-state index contributed by atoms with van der Waals surface area (Å²) in [6.07, 6.45) is 0. The highest BCUT2D eigenvalue weighted by molar-refractivity contribution is 5.89. The summed E-state index contributed by atoms with van der Waals surface area (Å²) < 4.78 is 10.9. The largest absolute Gasteiger partial charge is 0.507 e. The molecule has 29 heavy (non-hydrogen) atoms. The Morgan fingerprint density at radius 3 is 2.48 bits per heavy atom. The van der Waals surface area contributed by atoms with Crippen LogP contribution in [0.2, 0.25) is 0 Å². The van der Waals surface area contributed by atoms with Gasteiger partial charge in [-0.1, -0.05) is 30.3 Å². The number of fused-ring (bicyclic) bond motifs is 1. The second kappa shape index (κ2) is 8.10. The predicted molar refractivity (Wildman–Crippen MR) is 115 cm³/mol. The minimum absolute atomic E-state index is 0.139. The normalized spacial score (nSPS) is 10.8. The number of nitrogens with one attached hydrogen (secondary N) is 1. The number of phenols is 1. The summed E-state index contributed by atoms with van der Waals surface area (Å²) >= 11 is 0. The summed E-state index contributed by atoms with van der Waals surface area (Å²) in [5.41, 5.74) is 3.15. The van der Waals surface area contributed by atoms with Crippen molar-refractivity contribution in [3.05, 3.63) is 88.8 Å². The molecule has 0 unspecified atom stereocenters. The molecule has 146 valence electrons. The first kappa shape index (κ1) is 18.6. The second-order valence-corrected chi connectivity index (χ2v) is 6.63. The van der Waals surface area contributed by atoms with Crippen LogP contribution < -0.4 is 15.7 Å². The lowest BCUT2D eigenvalue weighted by Gasteiger charge is -2.11. The third kappa shape index (κ3) is 4.09. The fraction of sp³-hybridized carbons (Fsp3) is 0.125. The topological polar surface area (TPSA) is 71.7 Å². The van der Waals surface area contributed by atoms with Crippen molar-refractivity contribution in [3.8, 4) is 22.6 Å². The van der Waals surface area contributed by atoms with Crippen molar-refractivity contribution < 1.29 is 14.3 Å². The predicted octanol–water partition coefficient (Wildman–Crippen LogP) is 5.18. The molecule has 0 saturated heterocycles. The van der Waals surface area contributed by atoms with E-state index in [1.807, 2.05) is 61.5 Å². The summed E-state index contributed by atoms with van der Waals surface area (Å²) in [6, 6.07) is 21.9. The lowest BCUT2D eigenvalue weighted by Crippen LogP contribution is -2.06. The second-order valence-electron chi connectivity index (χ2n) is 6.63. The molecule has 2 N–H and O–H groups in total. The fourth-order valence-electron chi connectivity index (χ4n) is 3.29. The van der Waals surface area contributed by atoms with Crippen LogP contribution in [0.25, 0.3) is 22.1 Å². The van der Waals surface area contributed by atoms with Crippen molar-refractivity contribution in [1.82, 2.24) is 0 Å². The van der Waals surface area contributed by atoms with E-state index in [0.717, 1.165) is 22.6 Å². The molecule has 0 amide bonds. The molecule has 1 aromatic heterocycles. The van der Waals surface area contributed by atoms with E-state index in [4.69, 9.17) is 9.15 Å².